The molecule has 0 aromatic carbocycles. The van der Waals surface area contributed by atoms with Crippen LogP contribution >= 0.6 is 0 Å². The summed E-state index contributed by atoms with van der Waals surface area (Å²) in [6.45, 7) is 5.36. The zero-order chi connectivity index (χ0) is 12.7. The average Bonchev–Trinajstić information content (AvgIpc) is 2.64. The number of rotatable bonds is 8. The first-order valence-corrected chi connectivity index (χ1v) is 8.85. The Hall–Kier alpha value is -0.0900. The molecule has 1 rings (SSSR count). The van der Waals surface area contributed by atoms with Crippen molar-refractivity contribution in [2.75, 3.05) is 18.1 Å². The van der Waals surface area contributed by atoms with Gasteiger partial charge in [0.25, 0.3) is 0 Å². The van der Waals surface area contributed by atoms with Gasteiger partial charge in [-0.1, -0.05) is 33.1 Å². The van der Waals surface area contributed by atoms with Gasteiger partial charge in [-0.25, -0.2) is 8.42 Å². The number of nitrogens with one attached hydrogen (secondary N) is 1. The zero-order valence-electron chi connectivity index (χ0n) is 11.2. The van der Waals surface area contributed by atoms with Crippen LogP contribution in [0.3, 0.4) is 0 Å². The predicted octanol–water partition coefficient (Wildman–Crippen LogP) is 2.37. The normalized spacial score (nSPS) is 24.9. The molecule has 0 spiro atoms. The summed E-state index contributed by atoms with van der Waals surface area (Å²) in [5, 5.41) is 3.54. The van der Waals surface area contributed by atoms with E-state index in [-0.39, 0.29) is 0 Å². The molecule has 17 heavy (non-hydrogen) atoms. The molecule has 0 aliphatic carbocycles. The fourth-order valence-electron chi connectivity index (χ4n) is 2.59. The van der Waals surface area contributed by atoms with E-state index >= 15 is 0 Å². The van der Waals surface area contributed by atoms with Crippen molar-refractivity contribution in [1.29, 1.82) is 0 Å². The molecule has 1 heterocycles. The van der Waals surface area contributed by atoms with Gasteiger partial charge in [-0.15, -0.1) is 0 Å². The maximum absolute atomic E-state index is 11.5. The Labute approximate surface area is 106 Å². The van der Waals surface area contributed by atoms with Crippen LogP contribution < -0.4 is 5.32 Å². The molecule has 4 heteroatoms. The molecular weight excluding hydrogens is 234 g/mol. The molecule has 0 aromatic heterocycles. The second-order valence-corrected chi connectivity index (χ2v) is 7.45. The molecule has 1 aliphatic heterocycles. The summed E-state index contributed by atoms with van der Waals surface area (Å²) in [4.78, 5) is 0. The summed E-state index contributed by atoms with van der Waals surface area (Å²) in [6, 6.07) is 0.416. The highest BCUT2D eigenvalue weighted by Crippen LogP contribution is 2.24. The van der Waals surface area contributed by atoms with E-state index in [4.69, 9.17) is 0 Å². The van der Waals surface area contributed by atoms with Gasteiger partial charge in [-0.05, 0) is 31.7 Å². The first-order valence-electron chi connectivity index (χ1n) is 7.03. The summed E-state index contributed by atoms with van der Waals surface area (Å²) in [7, 11) is -2.74. The lowest BCUT2D eigenvalue weighted by Gasteiger charge is -2.23. The Morgan fingerprint density at radius 3 is 2.53 bits per heavy atom. The number of hydrogen-bond acceptors (Lipinski definition) is 3. The highest BCUT2D eigenvalue weighted by molar-refractivity contribution is 7.91. The topological polar surface area (TPSA) is 46.2 Å². The van der Waals surface area contributed by atoms with Crippen molar-refractivity contribution in [2.45, 2.75) is 58.4 Å². The Kier molecular flexibility index (Phi) is 6.49. The summed E-state index contributed by atoms with van der Waals surface area (Å²) in [5.74, 6) is 1.15. The lowest BCUT2D eigenvalue weighted by atomic mass is 9.94. The molecule has 0 aromatic rings. The number of hydrogen-bond donors (Lipinski definition) is 1. The lowest BCUT2D eigenvalue weighted by Crippen LogP contribution is -2.37. The molecule has 1 fully saturated rings. The third-order valence-corrected chi connectivity index (χ3v) is 5.41. The minimum atomic E-state index is -2.74. The highest BCUT2D eigenvalue weighted by Gasteiger charge is 2.32. The van der Waals surface area contributed by atoms with E-state index in [0.29, 0.717) is 23.5 Å². The van der Waals surface area contributed by atoms with Gasteiger partial charge < -0.3 is 5.32 Å². The van der Waals surface area contributed by atoms with Gasteiger partial charge in [-0.3, -0.25) is 0 Å². The Morgan fingerprint density at radius 1 is 1.24 bits per heavy atom. The summed E-state index contributed by atoms with van der Waals surface area (Å²) in [6.07, 6.45) is 6.80. The maximum atomic E-state index is 11.5. The highest BCUT2D eigenvalue weighted by atomic mass is 32.2. The van der Waals surface area contributed by atoms with Gasteiger partial charge in [0.2, 0.25) is 0 Å². The van der Waals surface area contributed by atoms with Gasteiger partial charge in [0.1, 0.15) is 0 Å². The van der Waals surface area contributed by atoms with Crippen molar-refractivity contribution in [3.63, 3.8) is 0 Å². The fourth-order valence-corrected chi connectivity index (χ4v) is 4.47. The second-order valence-electron chi connectivity index (χ2n) is 5.22. The number of sulfone groups is 1. The van der Waals surface area contributed by atoms with Crippen LogP contribution in [0.15, 0.2) is 0 Å². The van der Waals surface area contributed by atoms with E-state index < -0.39 is 9.84 Å². The summed E-state index contributed by atoms with van der Waals surface area (Å²) >= 11 is 0. The monoisotopic (exact) mass is 261 g/mol. The van der Waals surface area contributed by atoms with E-state index in [1.54, 1.807) is 0 Å². The third-order valence-electron chi connectivity index (χ3n) is 3.61. The van der Waals surface area contributed by atoms with Crippen LogP contribution in [-0.4, -0.2) is 32.5 Å². The third kappa shape index (κ3) is 5.38. The van der Waals surface area contributed by atoms with Crippen molar-refractivity contribution in [3.05, 3.63) is 0 Å². The minimum Gasteiger partial charge on any atom is -0.314 e. The Bertz CT molecular complexity index is 301. The van der Waals surface area contributed by atoms with E-state index in [2.05, 4.69) is 19.2 Å². The molecule has 2 unspecified atom stereocenters. The zero-order valence-corrected chi connectivity index (χ0v) is 12.1. The van der Waals surface area contributed by atoms with Crippen LogP contribution in [0.25, 0.3) is 0 Å². The molecule has 1 N–H and O–H groups in total. The SMILES string of the molecule is CCCCCC(NCCC)C1CCS(=O)(=O)C1. The quantitative estimate of drug-likeness (QED) is 0.682. The van der Waals surface area contributed by atoms with Crippen LogP contribution in [0.1, 0.15) is 52.4 Å². The standard InChI is InChI=1S/C13H27NO2S/c1-3-5-6-7-13(14-9-4-2)12-8-10-17(15,16)11-12/h12-14H,3-11H2,1-2H3. The summed E-state index contributed by atoms with van der Waals surface area (Å²) in [5.41, 5.74) is 0. The van der Waals surface area contributed by atoms with Gasteiger partial charge >= 0.3 is 0 Å². The van der Waals surface area contributed by atoms with Crippen molar-refractivity contribution in [2.24, 2.45) is 5.92 Å². The fraction of sp³-hybridized carbons (Fsp3) is 1.00. The van der Waals surface area contributed by atoms with E-state index in [9.17, 15) is 8.42 Å². The second kappa shape index (κ2) is 7.37. The first kappa shape index (κ1) is 15.0. The first-order chi connectivity index (χ1) is 8.09. The number of unbranched alkanes of at least 4 members (excludes halogenated alkanes) is 2. The molecule has 0 saturated carbocycles. The lowest BCUT2D eigenvalue weighted by molar-refractivity contribution is 0.351. The molecule has 102 valence electrons. The largest absolute Gasteiger partial charge is 0.314 e. The average molecular weight is 261 g/mol. The Balaban J connectivity index is 2.44. The van der Waals surface area contributed by atoms with Crippen LogP contribution in [0.4, 0.5) is 0 Å². The van der Waals surface area contributed by atoms with Gasteiger partial charge in [0, 0.05) is 6.04 Å². The minimum absolute atomic E-state index is 0.350. The molecule has 0 bridgehead atoms. The van der Waals surface area contributed by atoms with Gasteiger partial charge in [-0.2, -0.15) is 0 Å². The van der Waals surface area contributed by atoms with E-state index in [0.717, 1.165) is 25.8 Å². The molecule has 0 amide bonds. The van der Waals surface area contributed by atoms with Crippen molar-refractivity contribution in [1.82, 2.24) is 5.32 Å². The molecule has 0 radical (unpaired) electrons. The molecule has 3 nitrogen and oxygen atoms in total. The van der Waals surface area contributed by atoms with Crippen molar-refractivity contribution < 1.29 is 8.42 Å². The molecule has 1 saturated heterocycles. The van der Waals surface area contributed by atoms with Crippen molar-refractivity contribution >= 4 is 9.84 Å². The summed E-state index contributed by atoms with van der Waals surface area (Å²) < 4.78 is 23.0. The smallest absolute Gasteiger partial charge is 0.150 e. The molecular formula is C13H27NO2S. The van der Waals surface area contributed by atoms with Crippen LogP contribution in [0.2, 0.25) is 0 Å². The van der Waals surface area contributed by atoms with Crippen LogP contribution in [0.5, 0.6) is 0 Å². The van der Waals surface area contributed by atoms with Crippen LogP contribution in [0, 0.1) is 5.92 Å². The van der Waals surface area contributed by atoms with Crippen LogP contribution in [-0.2, 0) is 9.84 Å². The van der Waals surface area contributed by atoms with E-state index in [1.807, 2.05) is 0 Å². The van der Waals surface area contributed by atoms with Gasteiger partial charge in [0.15, 0.2) is 9.84 Å². The van der Waals surface area contributed by atoms with Crippen molar-refractivity contribution in [3.8, 4) is 0 Å². The maximum Gasteiger partial charge on any atom is 0.150 e. The molecule has 2 atom stereocenters. The predicted molar refractivity (Wildman–Crippen MR) is 73.0 cm³/mol. The molecule has 1 aliphatic rings. The van der Waals surface area contributed by atoms with E-state index in [1.165, 1.54) is 19.3 Å². The van der Waals surface area contributed by atoms with Gasteiger partial charge in [0.05, 0.1) is 11.5 Å². The Morgan fingerprint density at radius 2 is 2.00 bits per heavy atom.